The second kappa shape index (κ2) is 65.9. The van der Waals surface area contributed by atoms with Gasteiger partial charge in [0.25, 0.3) is 0 Å². The van der Waals surface area contributed by atoms with Crippen molar-refractivity contribution in [1.29, 1.82) is 0 Å². The van der Waals surface area contributed by atoms with Gasteiger partial charge in [0, 0.05) is 53.6 Å². The van der Waals surface area contributed by atoms with Crippen LogP contribution in [-0.2, 0) is 43.2 Å². The Bertz CT molecular complexity index is 5620. The molecule has 9 atom stereocenters. The number of benzene rings is 5. The summed E-state index contributed by atoms with van der Waals surface area (Å²) in [5.74, 6) is 9.29. The van der Waals surface area contributed by atoms with E-state index in [4.69, 9.17) is 28.4 Å². The summed E-state index contributed by atoms with van der Waals surface area (Å²) in [4.78, 5) is 84.3. The van der Waals surface area contributed by atoms with Gasteiger partial charge in [-0.25, -0.2) is 15.0 Å². The zero-order valence-corrected chi connectivity index (χ0v) is 103. The van der Waals surface area contributed by atoms with Gasteiger partial charge in [0.05, 0.1) is 69.2 Å². The number of para-hydroxylation sites is 2. The SMILES string of the molecule is CCCCCOc1cc2c(cc1OC)CCSC2C(=O)Nc1c(C(C)C)cccc1C(C)C.CCCCCOc1cc2c(cc1OC)CCSC2C(=O)Nc1c(SC)cc(C)nc1SC.CCCCC[C@H]1C=C[C@@H](CCCCC)S[C@@H]1C(=O)Nc1c(SC)cc(C)nc1SC.CCC[C@H]1C=C[C@@H](CCC)SC1C(=O)Nc1c(SC)cc(C)nc1SC.COc1cc2c(cc1OC)C(C(=O)Nc1c(C(C)C)cccc1C(C)C)SCC2. The first-order chi connectivity index (χ1) is 72.3. The van der Waals surface area contributed by atoms with Crippen LogP contribution in [0, 0.1) is 32.6 Å². The molecule has 0 bridgehead atoms. The van der Waals surface area contributed by atoms with Gasteiger partial charge in [-0.1, -0.05) is 235 Å². The third-order valence-electron chi connectivity index (χ3n) is 27.0. The zero-order valence-electron chi connectivity index (χ0n) is 94.2. The summed E-state index contributed by atoms with van der Waals surface area (Å²) in [6, 6.07) is 30.9. The predicted molar refractivity (Wildman–Crippen MR) is 656 cm³/mol. The number of hydrogen-bond donors (Lipinski definition) is 5. The normalized spacial score (nSPS) is 17.8. The van der Waals surface area contributed by atoms with E-state index in [-0.39, 0.29) is 55.8 Å². The topological polar surface area (TPSA) is 240 Å². The summed E-state index contributed by atoms with van der Waals surface area (Å²) in [6.45, 7) is 37.9. The minimum absolute atomic E-state index is 0.0192. The second-order valence-corrected chi connectivity index (χ2v) is 50.9. The third kappa shape index (κ3) is 36.0. The molecule has 30 heteroatoms. The Balaban J connectivity index is 0.000000208. The van der Waals surface area contributed by atoms with Crippen LogP contribution in [0.5, 0.6) is 34.5 Å². The van der Waals surface area contributed by atoms with E-state index in [0.717, 1.165) is 227 Å². The van der Waals surface area contributed by atoms with Crippen molar-refractivity contribution in [2.75, 3.05) is 123 Å². The van der Waals surface area contributed by atoms with Crippen LogP contribution in [0.25, 0.3) is 0 Å². The number of aryl methyl sites for hydroxylation is 6. The van der Waals surface area contributed by atoms with Crippen molar-refractivity contribution >= 4 is 187 Å². The van der Waals surface area contributed by atoms with Crippen molar-refractivity contribution in [2.45, 2.75) is 343 Å². The highest BCUT2D eigenvalue weighted by Gasteiger charge is 2.39. The smallest absolute Gasteiger partial charge is 0.242 e. The molecule has 0 radical (unpaired) electrons. The molecule has 3 aromatic heterocycles. The number of thioether (sulfide) groups is 11. The molecule has 0 saturated carbocycles. The van der Waals surface area contributed by atoms with E-state index < -0.39 is 0 Å². The number of nitrogens with zero attached hydrogens (tertiary/aromatic N) is 3. The maximum Gasteiger partial charge on any atom is 0.242 e. The Labute approximate surface area is 946 Å². The van der Waals surface area contributed by atoms with E-state index in [2.05, 4.69) is 224 Å². The second-order valence-electron chi connectivity index (χ2n) is 39.5. The number of aromatic nitrogens is 3. The van der Waals surface area contributed by atoms with Gasteiger partial charge in [-0.15, -0.1) is 129 Å². The van der Waals surface area contributed by atoms with Gasteiger partial charge in [0.15, 0.2) is 34.5 Å². The molecule has 13 rings (SSSR count). The summed E-state index contributed by atoms with van der Waals surface area (Å²) in [7, 11) is 6.62. The van der Waals surface area contributed by atoms with Crippen molar-refractivity contribution in [1.82, 2.24) is 15.0 Å². The molecule has 5 N–H and O–H groups in total. The maximum atomic E-state index is 13.6. The van der Waals surface area contributed by atoms with Crippen molar-refractivity contribution in [3.05, 3.63) is 188 Å². The number of nitrogens with one attached hydrogen (secondary N) is 5. The highest BCUT2D eigenvalue weighted by atomic mass is 32.2. The predicted octanol–water partition coefficient (Wildman–Crippen LogP) is 33.4. The number of allylic oxidation sites excluding steroid dienone is 2. The van der Waals surface area contributed by atoms with Gasteiger partial charge in [0.1, 0.15) is 30.8 Å². The standard InChI is InChI=1S/C28H39NO3S.C24H32N2O3S3.C24H38N2OS3.C24H31NO3S.C20H30N2OS3/c1-7-8-9-14-32-25-17-23-20(16-24(25)31-6)13-15-33-27(23)28(30)29-26-21(18(2)3)11-10-12-22(26)19(4)5;1-6-7-8-10-29-19-14-17-16(13-18(19)28-3)9-11-32-22(17)23(27)26-21-20(30-4)12-15(2)25-24(21)31-5;1-6-8-10-12-18-14-15-19(13-11-9-7-2)30-22(18)23(27)26-21-20(28-4)16-17(3)25-24(21)29-5;1-14(2)17-8-7-9-18(15(3)4)22(17)25-24(26)23-19-13-21(28-6)20(27-5)12-16(19)10-11-29-23;1-6-8-14-10-11-15(9-7-2)26-18(14)19(23)22-17-16(24-4)12-13(3)21-20(17)25-5/h10-12,16-19,27H,7-9,13-15H2,1-6H3,(H,29,30);12-14,22H,6-11H2,1-5H3,(H,26,27);14-16,18-19,22H,6-13H2,1-5H3,(H,26,27);7-9,12-15,23H,10-11H2,1-6H3,(H,25,26);10-12,14-15,18H,6-9H2,1-5H3,(H,22,23)/t;;18-,19+,22-;;14-,15+,18?/m..0.0/s1. The molecule has 150 heavy (non-hydrogen) atoms. The number of unbranched alkanes of at least 4 members (excludes halogenated alkanes) is 8. The minimum Gasteiger partial charge on any atom is -0.493 e. The maximum absolute atomic E-state index is 13.6. The molecule has 5 aromatic carbocycles. The molecule has 0 fully saturated rings. The van der Waals surface area contributed by atoms with Crippen molar-refractivity contribution in [3.8, 4) is 34.5 Å². The highest BCUT2D eigenvalue weighted by Crippen LogP contribution is 2.51. The van der Waals surface area contributed by atoms with Crippen molar-refractivity contribution < 1.29 is 52.4 Å². The van der Waals surface area contributed by atoms with Gasteiger partial charge in [0.2, 0.25) is 29.5 Å². The molecule has 0 saturated heterocycles. The first-order valence-corrected chi connectivity index (χ1v) is 66.2. The number of hydrogen-bond acceptors (Lipinski definition) is 25. The fourth-order valence-electron chi connectivity index (χ4n) is 19.0. The molecule has 4 unspecified atom stereocenters. The Hall–Kier alpha value is -6.97. The number of carbonyl (C=O) groups is 5. The van der Waals surface area contributed by atoms with E-state index in [0.29, 0.717) is 76.5 Å². The molecule has 5 amide bonds. The lowest BCUT2D eigenvalue weighted by Crippen LogP contribution is -2.35. The first-order valence-electron chi connectivity index (χ1n) is 53.9. The highest BCUT2D eigenvalue weighted by molar-refractivity contribution is 8.02. The van der Waals surface area contributed by atoms with Crippen LogP contribution in [0.2, 0.25) is 0 Å². The number of carbonyl (C=O) groups excluding carboxylic acids is 5. The van der Waals surface area contributed by atoms with Crippen molar-refractivity contribution in [3.63, 3.8) is 0 Å². The number of fused-ring (bicyclic) bond motifs is 3. The van der Waals surface area contributed by atoms with Crippen LogP contribution < -0.4 is 55.0 Å². The minimum atomic E-state index is -0.298. The Kier molecular flexibility index (Phi) is 55.6. The summed E-state index contributed by atoms with van der Waals surface area (Å²) in [5.41, 5.74) is 18.7. The van der Waals surface area contributed by atoms with E-state index in [1.165, 1.54) is 72.8 Å². The van der Waals surface area contributed by atoms with E-state index in [1.807, 2.05) is 112 Å². The van der Waals surface area contributed by atoms with E-state index in [1.54, 1.807) is 134 Å². The largest absolute Gasteiger partial charge is 0.493 e. The lowest BCUT2D eigenvalue weighted by Gasteiger charge is -2.31. The summed E-state index contributed by atoms with van der Waals surface area (Å²) in [5, 5.41) is 19.0. The number of methoxy groups -OCH3 is 4. The Morgan fingerprint density at radius 2 is 0.633 bits per heavy atom. The molecule has 0 spiro atoms. The lowest BCUT2D eigenvalue weighted by atomic mass is 9.92. The molecule has 8 heterocycles. The van der Waals surface area contributed by atoms with E-state index >= 15 is 0 Å². The van der Waals surface area contributed by atoms with Gasteiger partial charge in [-0.05, 0) is 279 Å². The van der Waals surface area contributed by atoms with Crippen LogP contribution >= 0.6 is 129 Å². The number of rotatable bonds is 46. The van der Waals surface area contributed by atoms with Crippen LogP contribution in [-0.4, -0.2) is 162 Å². The molecule has 8 aromatic rings. The lowest BCUT2D eigenvalue weighted by molar-refractivity contribution is -0.117. The molecule has 19 nitrogen and oxygen atoms in total. The van der Waals surface area contributed by atoms with Crippen LogP contribution in [0.1, 0.15) is 325 Å². The van der Waals surface area contributed by atoms with Gasteiger partial charge < -0.3 is 55.0 Å². The third-order valence-corrected chi connectivity index (χ3v) is 38.3. The average Bonchev–Trinajstić information content (AvgIpc) is 0.784. The fraction of sp³-hybridized carbons (Fsp3) is 0.550. The average molecular weight is 2250 g/mol. The number of anilines is 5. The molecular formula is C120H170N8O11S11. The molecule has 5 aliphatic heterocycles. The van der Waals surface area contributed by atoms with Gasteiger partial charge in [-0.3, -0.25) is 24.0 Å². The zero-order chi connectivity index (χ0) is 109. The molecule has 822 valence electrons. The number of pyridine rings is 3. The molecular weight excluding hydrogens is 2080 g/mol. The van der Waals surface area contributed by atoms with Crippen LogP contribution in [0.3, 0.4) is 0 Å². The Morgan fingerprint density at radius 1 is 0.340 bits per heavy atom. The monoisotopic (exact) mass is 2250 g/mol. The molecule has 5 aliphatic rings. The summed E-state index contributed by atoms with van der Waals surface area (Å²) < 4.78 is 34.3. The van der Waals surface area contributed by atoms with E-state index in [9.17, 15) is 24.0 Å². The van der Waals surface area contributed by atoms with Crippen LogP contribution in [0.15, 0.2) is 145 Å². The Morgan fingerprint density at radius 3 is 0.947 bits per heavy atom. The molecule has 0 aliphatic carbocycles. The quantitative estimate of drug-likeness (QED) is 0.0135. The van der Waals surface area contributed by atoms with Crippen LogP contribution in [0.4, 0.5) is 28.4 Å². The number of amides is 5. The fourth-order valence-corrected chi connectivity index (χ4v) is 29.5. The first kappa shape index (κ1) is 126. The summed E-state index contributed by atoms with van der Waals surface area (Å²) >= 11 is 18.5. The van der Waals surface area contributed by atoms with Gasteiger partial charge >= 0.3 is 0 Å². The van der Waals surface area contributed by atoms with Crippen molar-refractivity contribution in [2.24, 2.45) is 11.8 Å². The van der Waals surface area contributed by atoms with Gasteiger partial charge in [-0.2, -0.15) is 0 Å². The summed E-state index contributed by atoms with van der Waals surface area (Å²) in [6.07, 6.45) is 44.8. The number of ether oxygens (including phenoxy) is 6.